The molecule has 0 unspecified atom stereocenters. The van der Waals surface area contributed by atoms with Crippen LogP contribution in [0.15, 0.2) is 16.9 Å². The highest BCUT2D eigenvalue weighted by Gasteiger charge is 2.26. The molecule has 0 aliphatic rings. The number of H-pyrrole nitrogens is 1. The molecule has 0 bridgehead atoms. The molecule has 9 heteroatoms. The Morgan fingerprint density at radius 2 is 1.87 bits per heavy atom. The van der Waals surface area contributed by atoms with Crippen molar-refractivity contribution in [2.24, 2.45) is 0 Å². The third-order valence-electron chi connectivity index (χ3n) is 3.30. The molecule has 0 spiro atoms. The lowest BCUT2D eigenvalue weighted by Crippen LogP contribution is -2.17. The first-order valence-electron chi connectivity index (χ1n) is 6.13. The maximum atomic E-state index is 14.3. The molecule has 0 fully saturated rings. The van der Waals surface area contributed by atoms with E-state index in [2.05, 4.69) is 4.98 Å². The third-order valence-corrected chi connectivity index (χ3v) is 3.30. The molecule has 2 aromatic rings. The van der Waals surface area contributed by atoms with E-state index in [1.807, 2.05) is 0 Å². The molecule has 8 nitrogen and oxygen atoms in total. The maximum absolute atomic E-state index is 14.3. The van der Waals surface area contributed by atoms with Crippen LogP contribution in [0.5, 0.6) is 0 Å². The van der Waals surface area contributed by atoms with Crippen LogP contribution in [0.1, 0.15) is 16.7 Å². The van der Waals surface area contributed by atoms with Gasteiger partial charge in [-0.15, -0.1) is 0 Å². The number of anilines is 1. The molecule has 1 heterocycles. The van der Waals surface area contributed by atoms with E-state index in [0.29, 0.717) is 0 Å². The summed E-state index contributed by atoms with van der Waals surface area (Å²) in [4.78, 5) is 24.3. The molecule has 1 aromatic heterocycles. The highest BCUT2D eigenvalue weighted by Crippen LogP contribution is 2.36. The Kier molecular flexibility index (Phi) is 3.80. The van der Waals surface area contributed by atoms with Crippen molar-refractivity contribution in [2.75, 3.05) is 5.73 Å². The summed E-state index contributed by atoms with van der Waals surface area (Å²) in [5.74, 6) is -1.26. The zero-order chi connectivity index (χ0) is 17.3. The summed E-state index contributed by atoms with van der Waals surface area (Å²) in [6.45, 7) is 1.26. The number of nitrogens with zero attached hydrogens (tertiary/aromatic N) is 3. The van der Waals surface area contributed by atoms with Gasteiger partial charge >= 0.3 is 0 Å². The summed E-state index contributed by atoms with van der Waals surface area (Å²) < 4.78 is 14.3. The third kappa shape index (κ3) is 2.36. The number of hydrogen-bond donors (Lipinski definition) is 2. The lowest BCUT2D eigenvalue weighted by Gasteiger charge is -2.12. The average Bonchev–Trinajstić information content (AvgIpc) is 2.47. The number of pyridine rings is 1. The fourth-order valence-electron chi connectivity index (χ4n) is 2.27. The molecule has 23 heavy (non-hydrogen) atoms. The zero-order valence-electron chi connectivity index (χ0n) is 11.7. The van der Waals surface area contributed by atoms with Crippen molar-refractivity contribution in [3.8, 4) is 23.3 Å². The topological polar surface area (TPSA) is 150 Å². The summed E-state index contributed by atoms with van der Waals surface area (Å²) >= 11 is 0. The van der Waals surface area contributed by atoms with Crippen LogP contribution in [0.3, 0.4) is 0 Å². The minimum Gasteiger partial charge on any atom is -0.384 e. The lowest BCUT2D eigenvalue weighted by atomic mass is 9.92. The number of aromatic nitrogens is 1. The van der Waals surface area contributed by atoms with Crippen molar-refractivity contribution in [2.45, 2.75) is 6.92 Å². The molecule has 0 atom stereocenters. The van der Waals surface area contributed by atoms with Gasteiger partial charge in [0.25, 0.3) is 11.2 Å². The summed E-state index contributed by atoms with van der Waals surface area (Å²) in [5, 5.41) is 29.4. The van der Waals surface area contributed by atoms with Crippen LogP contribution in [0, 0.1) is 45.5 Å². The summed E-state index contributed by atoms with van der Waals surface area (Å²) in [5.41, 5.74) is 2.51. The van der Waals surface area contributed by atoms with E-state index in [9.17, 15) is 24.6 Å². The first kappa shape index (κ1) is 15.7. The van der Waals surface area contributed by atoms with Crippen LogP contribution >= 0.6 is 0 Å². The van der Waals surface area contributed by atoms with Gasteiger partial charge in [-0.25, -0.2) is 4.39 Å². The zero-order valence-corrected chi connectivity index (χ0v) is 11.7. The number of aromatic amines is 1. The fraction of sp³-hybridized carbons (Fsp3) is 0.0714. The molecule has 0 saturated heterocycles. The standard InChI is InChI=1S/C14H8FN5O3/c1-6-10(20(22)23)3-2-9(15)11(6)12-7(4-16)13(18)19-14(21)8(12)5-17/h2-3H,1H3,(H3,18,19,21). The number of nitro groups is 1. The number of nitro benzene ring substituents is 1. The highest BCUT2D eigenvalue weighted by atomic mass is 19.1. The molecule has 3 N–H and O–H groups in total. The van der Waals surface area contributed by atoms with Crippen LogP contribution in [0.25, 0.3) is 11.1 Å². The Labute approximate surface area is 128 Å². The second kappa shape index (κ2) is 5.58. The van der Waals surface area contributed by atoms with Crippen molar-refractivity contribution in [3.05, 3.63) is 55.1 Å². The van der Waals surface area contributed by atoms with Crippen LogP contribution in [0.4, 0.5) is 15.9 Å². The smallest absolute Gasteiger partial charge is 0.273 e. The molecule has 0 aliphatic carbocycles. The number of nitrogens with one attached hydrogen (secondary N) is 1. The first-order valence-corrected chi connectivity index (χ1v) is 6.13. The molecule has 2 rings (SSSR count). The van der Waals surface area contributed by atoms with Crippen molar-refractivity contribution >= 4 is 11.5 Å². The van der Waals surface area contributed by atoms with Gasteiger partial charge in [-0.05, 0) is 13.0 Å². The van der Waals surface area contributed by atoms with Crippen molar-refractivity contribution in [1.82, 2.24) is 4.98 Å². The molecule has 0 saturated carbocycles. The monoisotopic (exact) mass is 313 g/mol. The van der Waals surface area contributed by atoms with E-state index in [1.54, 1.807) is 12.1 Å². The van der Waals surface area contributed by atoms with E-state index in [-0.39, 0.29) is 28.1 Å². The van der Waals surface area contributed by atoms with Crippen LogP contribution in [0.2, 0.25) is 0 Å². The number of halogens is 1. The molecule has 114 valence electrons. The number of nitrogens with two attached hydrogens (primary N) is 1. The minimum atomic E-state index is -0.913. The normalized spacial score (nSPS) is 9.91. The number of nitriles is 2. The summed E-state index contributed by atoms with van der Waals surface area (Å²) in [7, 11) is 0. The maximum Gasteiger partial charge on any atom is 0.273 e. The Hall–Kier alpha value is -3.72. The van der Waals surface area contributed by atoms with Gasteiger partial charge < -0.3 is 10.7 Å². The predicted octanol–water partition coefficient (Wildman–Crippen LogP) is 1.72. The number of hydrogen-bond acceptors (Lipinski definition) is 6. The van der Waals surface area contributed by atoms with Crippen molar-refractivity contribution < 1.29 is 9.31 Å². The molecule has 1 aromatic carbocycles. The van der Waals surface area contributed by atoms with Gasteiger partial charge in [-0.2, -0.15) is 10.5 Å². The van der Waals surface area contributed by atoms with E-state index < -0.39 is 27.6 Å². The van der Waals surface area contributed by atoms with E-state index >= 15 is 0 Å². The van der Waals surface area contributed by atoms with E-state index in [1.165, 1.54) is 6.92 Å². The van der Waals surface area contributed by atoms with E-state index in [4.69, 9.17) is 11.0 Å². The Balaban J connectivity index is 3.08. The first-order chi connectivity index (χ1) is 10.8. The van der Waals surface area contributed by atoms with Crippen LogP contribution < -0.4 is 11.3 Å². The largest absolute Gasteiger partial charge is 0.384 e. The molecule has 0 aliphatic heterocycles. The van der Waals surface area contributed by atoms with Crippen molar-refractivity contribution in [3.63, 3.8) is 0 Å². The second-order valence-electron chi connectivity index (χ2n) is 4.54. The SMILES string of the molecule is Cc1c([N+](=O)[O-])ccc(F)c1-c1c(C#N)c(N)[nH]c(=O)c1C#N. The van der Waals surface area contributed by atoms with Gasteiger partial charge in [0.1, 0.15) is 34.9 Å². The van der Waals surface area contributed by atoms with Gasteiger partial charge in [-0.3, -0.25) is 14.9 Å². The average molecular weight is 313 g/mol. The molecule has 0 amide bonds. The molecular formula is C14H8FN5O3. The molecule has 0 radical (unpaired) electrons. The number of nitrogen functional groups attached to an aromatic ring is 1. The predicted molar refractivity (Wildman–Crippen MR) is 77.7 cm³/mol. The lowest BCUT2D eigenvalue weighted by molar-refractivity contribution is -0.385. The van der Waals surface area contributed by atoms with Gasteiger partial charge in [0.2, 0.25) is 0 Å². The van der Waals surface area contributed by atoms with Crippen molar-refractivity contribution in [1.29, 1.82) is 10.5 Å². The van der Waals surface area contributed by atoms with Crippen LogP contribution in [-0.2, 0) is 0 Å². The van der Waals surface area contributed by atoms with Gasteiger partial charge in [-0.1, -0.05) is 0 Å². The summed E-state index contributed by atoms with van der Waals surface area (Å²) in [6, 6.07) is 5.06. The Morgan fingerprint density at radius 3 is 2.39 bits per heavy atom. The van der Waals surface area contributed by atoms with Crippen LogP contribution in [-0.4, -0.2) is 9.91 Å². The molecular weight excluding hydrogens is 305 g/mol. The van der Waals surface area contributed by atoms with Gasteiger partial charge in [0.05, 0.1) is 4.92 Å². The summed E-state index contributed by atoms with van der Waals surface area (Å²) in [6.07, 6.45) is 0. The van der Waals surface area contributed by atoms with Gasteiger partial charge in [0, 0.05) is 22.8 Å². The fourth-order valence-corrected chi connectivity index (χ4v) is 2.27. The Bertz CT molecular complexity index is 982. The second-order valence-corrected chi connectivity index (χ2v) is 4.54. The number of rotatable bonds is 2. The highest BCUT2D eigenvalue weighted by molar-refractivity contribution is 5.83. The number of benzene rings is 1. The minimum absolute atomic E-state index is 0.118. The van der Waals surface area contributed by atoms with E-state index in [0.717, 1.165) is 12.1 Å². The van der Waals surface area contributed by atoms with Gasteiger partial charge in [0.15, 0.2) is 0 Å². The quantitative estimate of drug-likeness (QED) is 0.636. The Morgan fingerprint density at radius 1 is 1.26 bits per heavy atom.